The minimum Gasteiger partial charge on any atom is -0.496 e. The minimum atomic E-state index is -0.170. The highest BCUT2D eigenvalue weighted by Gasteiger charge is 2.23. The van der Waals surface area contributed by atoms with Crippen molar-refractivity contribution in [2.75, 3.05) is 7.11 Å². The van der Waals surface area contributed by atoms with Gasteiger partial charge < -0.3 is 10.1 Å². The molecule has 0 aliphatic rings. The lowest BCUT2D eigenvalue weighted by Crippen LogP contribution is -2.41. The number of nitrogens with one attached hydrogen (secondary N) is 1. The SMILES string of the molecule is COc1ccc(Cl)cc1C(=O)N[C@H](C)C(C)(C)C. The molecule has 0 heterocycles. The largest absolute Gasteiger partial charge is 0.496 e. The zero-order valence-corrected chi connectivity index (χ0v) is 12.3. The first-order valence-corrected chi connectivity index (χ1v) is 6.28. The van der Waals surface area contributed by atoms with Crippen LogP contribution < -0.4 is 10.1 Å². The van der Waals surface area contributed by atoms with Gasteiger partial charge in [0, 0.05) is 11.1 Å². The maximum atomic E-state index is 12.2. The monoisotopic (exact) mass is 269 g/mol. The third kappa shape index (κ3) is 3.64. The van der Waals surface area contributed by atoms with E-state index in [1.165, 1.54) is 7.11 Å². The second-order valence-electron chi connectivity index (χ2n) is 5.41. The van der Waals surface area contributed by atoms with Crippen LogP contribution in [0.15, 0.2) is 18.2 Å². The second-order valence-corrected chi connectivity index (χ2v) is 5.84. The Kier molecular flexibility index (Phi) is 4.63. The van der Waals surface area contributed by atoms with Crippen molar-refractivity contribution < 1.29 is 9.53 Å². The summed E-state index contributed by atoms with van der Waals surface area (Å²) in [5.41, 5.74) is 0.461. The summed E-state index contributed by atoms with van der Waals surface area (Å²) >= 11 is 5.91. The number of hydrogen-bond acceptors (Lipinski definition) is 2. The minimum absolute atomic E-state index is 0.00146. The number of rotatable bonds is 3. The van der Waals surface area contributed by atoms with Crippen LogP contribution >= 0.6 is 11.6 Å². The molecule has 0 spiro atoms. The molecule has 18 heavy (non-hydrogen) atoms. The van der Waals surface area contributed by atoms with E-state index in [2.05, 4.69) is 26.1 Å². The van der Waals surface area contributed by atoms with E-state index in [4.69, 9.17) is 16.3 Å². The standard InChI is InChI=1S/C14H20ClNO2/c1-9(14(2,3)4)16-13(17)11-8-10(15)6-7-12(11)18-5/h6-9H,1-5H3,(H,16,17)/t9-/m1/s1. The highest BCUT2D eigenvalue weighted by molar-refractivity contribution is 6.31. The molecule has 4 heteroatoms. The molecule has 1 aromatic carbocycles. The van der Waals surface area contributed by atoms with E-state index in [1.54, 1.807) is 18.2 Å². The quantitative estimate of drug-likeness (QED) is 0.912. The Hall–Kier alpha value is -1.22. The van der Waals surface area contributed by atoms with Crippen molar-refractivity contribution in [3.8, 4) is 5.75 Å². The van der Waals surface area contributed by atoms with Crippen LogP contribution in [-0.4, -0.2) is 19.1 Å². The molecule has 1 N–H and O–H groups in total. The molecule has 0 bridgehead atoms. The number of carbonyl (C=O) groups is 1. The van der Waals surface area contributed by atoms with Crippen LogP contribution in [-0.2, 0) is 0 Å². The molecule has 0 radical (unpaired) electrons. The van der Waals surface area contributed by atoms with Crippen molar-refractivity contribution in [3.63, 3.8) is 0 Å². The molecule has 0 aromatic heterocycles. The molecule has 3 nitrogen and oxygen atoms in total. The first kappa shape index (κ1) is 14.8. The highest BCUT2D eigenvalue weighted by Crippen LogP contribution is 2.24. The molecule has 1 aromatic rings. The summed E-state index contributed by atoms with van der Waals surface area (Å²) in [5, 5.41) is 3.48. The lowest BCUT2D eigenvalue weighted by Gasteiger charge is -2.28. The fourth-order valence-corrected chi connectivity index (χ4v) is 1.52. The maximum Gasteiger partial charge on any atom is 0.255 e. The first-order valence-electron chi connectivity index (χ1n) is 5.90. The zero-order valence-electron chi connectivity index (χ0n) is 11.5. The zero-order chi connectivity index (χ0) is 13.9. The van der Waals surface area contributed by atoms with Gasteiger partial charge in [-0.2, -0.15) is 0 Å². The van der Waals surface area contributed by atoms with E-state index < -0.39 is 0 Å². The van der Waals surface area contributed by atoms with Crippen LogP contribution in [0.3, 0.4) is 0 Å². The molecule has 1 rings (SSSR count). The Balaban J connectivity index is 2.94. The first-order chi connectivity index (χ1) is 8.25. The van der Waals surface area contributed by atoms with Crippen LogP contribution in [0.2, 0.25) is 5.02 Å². The average molecular weight is 270 g/mol. The topological polar surface area (TPSA) is 38.3 Å². The molecule has 0 unspecified atom stereocenters. The number of amides is 1. The fraction of sp³-hybridized carbons (Fsp3) is 0.500. The number of methoxy groups -OCH3 is 1. The van der Waals surface area contributed by atoms with Crippen LogP contribution in [0.5, 0.6) is 5.75 Å². The summed E-state index contributed by atoms with van der Waals surface area (Å²) in [4.78, 5) is 12.2. The van der Waals surface area contributed by atoms with Gasteiger partial charge in [-0.05, 0) is 30.5 Å². The molecule has 100 valence electrons. The molecule has 0 fully saturated rings. The molecule has 1 atom stereocenters. The molecule has 1 amide bonds. The molecule has 0 saturated heterocycles. The van der Waals surface area contributed by atoms with Gasteiger partial charge in [0.2, 0.25) is 0 Å². The Bertz CT molecular complexity index is 438. The van der Waals surface area contributed by atoms with E-state index in [1.807, 2.05) is 6.92 Å². The van der Waals surface area contributed by atoms with Crippen molar-refractivity contribution in [1.82, 2.24) is 5.32 Å². The van der Waals surface area contributed by atoms with Gasteiger partial charge in [-0.3, -0.25) is 4.79 Å². The molecule has 0 aliphatic carbocycles. The second kappa shape index (κ2) is 5.61. The lowest BCUT2D eigenvalue weighted by atomic mass is 9.88. The Morgan fingerprint density at radius 1 is 1.39 bits per heavy atom. The number of carbonyl (C=O) groups excluding carboxylic acids is 1. The van der Waals surface area contributed by atoms with Crippen molar-refractivity contribution in [2.45, 2.75) is 33.7 Å². The summed E-state index contributed by atoms with van der Waals surface area (Å²) < 4.78 is 5.17. The number of hydrogen-bond donors (Lipinski definition) is 1. The van der Waals surface area contributed by atoms with Crippen molar-refractivity contribution in [1.29, 1.82) is 0 Å². The number of ether oxygens (including phenoxy) is 1. The van der Waals surface area contributed by atoms with Crippen molar-refractivity contribution >= 4 is 17.5 Å². The summed E-state index contributed by atoms with van der Waals surface area (Å²) in [6, 6.07) is 5.06. The Morgan fingerprint density at radius 3 is 2.50 bits per heavy atom. The van der Waals surface area contributed by atoms with Gasteiger partial charge in [-0.15, -0.1) is 0 Å². The van der Waals surface area contributed by atoms with Gasteiger partial charge >= 0.3 is 0 Å². The summed E-state index contributed by atoms with van der Waals surface area (Å²) in [5.74, 6) is 0.356. The van der Waals surface area contributed by atoms with Gasteiger partial charge in [0.15, 0.2) is 0 Å². The van der Waals surface area contributed by atoms with Crippen LogP contribution in [0, 0.1) is 5.41 Å². The third-order valence-corrected chi connectivity index (χ3v) is 3.29. The predicted octanol–water partition coefficient (Wildman–Crippen LogP) is 3.51. The van der Waals surface area contributed by atoms with Crippen LogP contribution in [0.4, 0.5) is 0 Å². The number of halogens is 1. The highest BCUT2D eigenvalue weighted by atomic mass is 35.5. The van der Waals surface area contributed by atoms with E-state index >= 15 is 0 Å². The van der Waals surface area contributed by atoms with E-state index in [-0.39, 0.29) is 17.4 Å². The van der Waals surface area contributed by atoms with E-state index in [0.717, 1.165) is 0 Å². The molecule has 0 saturated carbocycles. The van der Waals surface area contributed by atoms with Crippen molar-refractivity contribution in [2.24, 2.45) is 5.41 Å². The average Bonchev–Trinajstić information content (AvgIpc) is 2.27. The predicted molar refractivity (Wildman–Crippen MR) is 74.4 cm³/mol. The molecular weight excluding hydrogens is 250 g/mol. The smallest absolute Gasteiger partial charge is 0.255 e. The fourth-order valence-electron chi connectivity index (χ4n) is 1.35. The van der Waals surface area contributed by atoms with Gasteiger partial charge in [0.05, 0.1) is 12.7 Å². The molecular formula is C14H20ClNO2. The number of benzene rings is 1. The summed E-state index contributed by atoms with van der Waals surface area (Å²) in [7, 11) is 1.53. The lowest BCUT2D eigenvalue weighted by molar-refractivity contribution is 0.0907. The van der Waals surface area contributed by atoms with Gasteiger partial charge in [-0.1, -0.05) is 32.4 Å². The van der Waals surface area contributed by atoms with Crippen molar-refractivity contribution in [3.05, 3.63) is 28.8 Å². The van der Waals surface area contributed by atoms with Crippen LogP contribution in [0.25, 0.3) is 0 Å². The molecule has 0 aliphatic heterocycles. The Labute approximate surface area is 113 Å². The maximum absolute atomic E-state index is 12.2. The van der Waals surface area contributed by atoms with Gasteiger partial charge in [0.25, 0.3) is 5.91 Å². The van der Waals surface area contributed by atoms with Crippen LogP contribution in [0.1, 0.15) is 38.1 Å². The van der Waals surface area contributed by atoms with E-state index in [0.29, 0.717) is 16.3 Å². The normalized spacial score (nSPS) is 13.0. The van der Waals surface area contributed by atoms with Gasteiger partial charge in [0.1, 0.15) is 5.75 Å². The Morgan fingerprint density at radius 2 is 2.00 bits per heavy atom. The third-order valence-electron chi connectivity index (χ3n) is 3.05. The summed E-state index contributed by atoms with van der Waals surface area (Å²) in [6.07, 6.45) is 0. The summed E-state index contributed by atoms with van der Waals surface area (Å²) in [6.45, 7) is 8.21. The van der Waals surface area contributed by atoms with Gasteiger partial charge in [-0.25, -0.2) is 0 Å². The van der Waals surface area contributed by atoms with E-state index in [9.17, 15) is 4.79 Å².